The van der Waals surface area contributed by atoms with Gasteiger partial charge in [0.05, 0.1) is 5.60 Å². The van der Waals surface area contributed by atoms with Crippen LogP contribution in [0.25, 0.3) is 0 Å². The Morgan fingerprint density at radius 3 is 2.45 bits per heavy atom. The van der Waals surface area contributed by atoms with Crippen LogP contribution in [0.5, 0.6) is 0 Å². The zero-order valence-corrected chi connectivity index (χ0v) is 7.50. The molecule has 11 heavy (non-hydrogen) atoms. The third kappa shape index (κ3) is 2.75. The van der Waals surface area contributed by atoms with Crippen LogP contribution >= 0.6 is 0 Å². The average molecular weight is 159 g/mol. The number of hydrazine groups is 2. The molecule has 1 heterocycles. The van der Waals surface area contributed by atoms with Gasteiger partial charge in [0.2, 0.25) is 0 Å². The summed E-state index contributed by atoms with van der Waals surface area (Å²) < 4.78 is 0. The van der Waals surface area contributed by atoms with Crippen molar-refractivity contribution in [1.82, 2.24) is 10.3 Å². The van der Waals surface area contributed by atoms with Gasteiger partial charge in [-0.05, 0) is 20.3 Å². The molecule has 0 aliphatic carbocycles. The minimum Gasteiger partial charge on any atom is -0.264 e. The molecule has 4 heteroatoms. The normalized spacial score (nSPS) is 19.4. The molecular weight excluding hydrogens is 142 g/mol. The van der Waals surface area contributed by atoms with Crippen molar-refractivity contribution >= 4 is 0 Å². The molecule has 0 radical (unpaired) electrons. The van der Waals surface area contributed by atoms with Gasteiger partial charge in [-0.25, -0.2) is 10.9 Å². The maximum Gasteiger partial charge on any atom is 0.0873 e. The quantitative estimate of drug-likeness (QED) is 0.369. The molecule has 0 bridgehead atoms. The smallest absolute Gasteiger partial charge is 0.0873 e. The van der Waals surface area contributed by atoms with Crippen LogP contribution in [0.3, 0.4) is 0 Å². The summed E-state index contributed by atoms with van der Waals surface area (Å²) in [6.07, 6.45) is 0.953. The zero-order valence-electron chi connectivity index (χ0n) is 7.50. The van der Waals surface area contributed by atoms with Crippen molar-refractivity contribution < 1.29 is 4.84 Å². The summed E-state index contributed by atoms with van der Waals surface area (Å²) in [7, 11) is 0. The first kappa shape index (κ1) is 8.93. The van der Waals surface area contributed by atoms with E-state index in [4.69, 9.17) is 10.7 Å². The first-order valence-electron chi connectivity index (χ1n) is 4.04. The lowest BCUT2D eigenvalue weighted by atomic mass is 10.1. The molecule has 4 nitrogen and oxygen atoms in total. The van der Waals surface area contributed by atoms with Gasteiger partial charge in [-0.1, -0.05) is 12.2 Å². The summed E-state index contributed by atoms with van der Waals surface area (Å²) >= 11 is 0. The molecule has 0 aromatic rings. The van der Waals surface area contributed by atoms with Crippen LogP contribution in [-0.4, -0.2) is 29.0 Å². The Morgan fingerprint density at radius 2 is 2.09 bits per heavy atom. The Morgan fingerprint density at radius 1 is 1.55 bits per heavy atom. The second-order valence-electron chi connectivity index (χ2n) is 3.46. The SMILES string of the molecule is CCC(C)(C)ON(N)N1CC1. The molecule has 1 aliphatic rings. The largest absolute Gasteiger partial charge is 0.264 e. The topological polar surface area (TPSA) is 41.5 Å². The van der Waals surface area contributed by atoms with Gasteiger partial charge in [0, 0.05) is 13.1 Å². The van der Waals surface area contributed by atoms with E-state index in [0.29, 0.717) is 0 Å². The lowest BCUT2D eigenvalue weighted by Crippen LogP contribution is -2.43. The van der Waals surface area contributed by atoms with Gasteiger partial charge in [-0.15, -0.1) is 0 Å². The molecule has 0 aromatic carbocycles. The Bertz CT molecular complexity index is 134. The van der Waals surface area contributed by atoms with Gasteiger partial charge in [0.1, 0.15) is 0 Å². The van der Waals surface area contributed by atoms with E-state index in [-0.39, 0.29) is 5.60 Å². The highest BCUT2D eigenvalue weighted by atomic mass is 16.8. The lowest BCUT2D eigenvalue weighted by molar-refractivity contribution is -0.305. The monoisotopic (exact) mass is 159 g/mol. The Kier molecular flexibility index (Phi) is 2.49. The van der Waals surface area contributed by atoms with E-state index in [1.807, 2.05) is 18.9 Å². The molecule has 1 fully saturated rings. The summed E-state index contributed by atoms with van der Waals surface area (Å²) in [5.74, 6) is 5.58. The molecule has 1 aliphatic heterocycles. The minimum absolute atomic E-state index is 0.155. The van der Waals surface area contributed by atoms with Gasteiger partial charge in [0.15, 0.2) is 0 Å². The van der Waals surface area contributed by atoms with E-state index in [9.17, 15) is 0 Å². The van der Waals surface area contributed by atoms with Crippen molar-refractivity contribution in [2.45, 2.75) is 32.8 Å². The fraction of sp³-hybridized carbons (Fsp3) is 1.00. The lowest BCUT2D eigenvalue weighted by Gasteiger charge is -2.28. The molecule has 0 saturated carbocycles. The molecule has 0 atom stereocenters. The summed E-state index contributed by atoms with van der Waals surface area (Å²) in [6.45, 7) is 8.15. The molecule has 0 aromatic heterocycles. The second kappa shape index (κ2) is 3.06. The Hall–Kier alpha value is -0.160. The van der Waals surface area contributed by atoms with Gasteiger partial charge >= 0.3 is 0 Å². The molecule has 66 valence electrons. The van der Waals surface area contributed by atoms with Crippen LogP contribution in [0.4, 0.5) is 0 Å². The van der Waals surface area contributed by atoms with Crippen molar-refractivity contribution in [2.24, 2.45) is 5.84 Å². The number of nitrogens with zero attached hydrogens (tertiary/aromatic N) is 2. The molecular formula is C7H17N3O. The second-order valence-corrected chi connectivity index (χ2v) is 3.46. The van der Waals surface area contributed by atoms with E-state index in [1.54, 1.807) is 0 Å². The Labute approximate surface area is 67.8 Å². The first-order valence-corrected chi connectivity index (χ1v) is 4.04. The maximum atomic E-state index is 5.58. The highest BCUT2D eigenvalue weighted by Gasteiger charge is 2.28. The fourth-order valence-corrected chi connectivity index (χ4v) is 0.617. The molecule has 2 N–H and O–H groups in total. The highest BCUT2D eigenvalue weighted by Crippen LogP contribution is 2.17. The summed E-state index contributed by atoms with van der Waals surface area (Å²) in [4.78, 5) is 5.45. The maximum absolute atomic E-state index is 5.58. The van der Waals surface area contributed by atoms with Crippen LogP contribution in [0.2, 0.25) is 0 Å². The number of nitrogens with two attached hydrogens (primary N) is 1. The van der Waals surface area contributed by atoms with Gasteiger partial charge in [0.25, 0.3) is 0 Å². The summed E-state index contributed by atoms with van der Waals surface area (Å²) in [5.41, 5.74) is -0.155. The predicted octanol–water partition coefficient (Wildman–Crippen LogP) is 0.513. The molecule has 0 amide bonds. The van der Waals surface area contributed by atoms with E-state index in [1.165, 1.54) is 5.28 Å². The molecule has 1 saturated heterocycles. The van der Waals surface area contributed by atoms with E-state index >= 15 is 0 Å². The average Bonchev–Trinajstić information content (AvgIpc) is 2.67. The van der Waals surface area contributed by atoms with Crippen molar-refractivity contribution in [3.05, 3.63) is 0 Å². The van der Waals surface area contributed by atoms with E-state index < -0.39 is 0 Å². The van der Waals surface area contributed by atoms with Crippen molar-refractivity contribution in [3.63, 3.8) is 0 Å². The van der Waals surface area contributed by atoms with E-state index in [0.717, 1.165) is 19.5 Å². The number of hydrogen-bond acceptors (Lipinski definition) is 4. The third-order valence-electron chi connectivity index (χ3n) is 1.89. The summed E-state index contributed by atoms with van der Waals surface area (Å²) in [5, 5.41) is 3.28. The Balaban J connectivity index is 2.27. The minimum atomic E-state index is -0.155. The van der Waals surface area contributed by atoms with E-state index in [2.05, 4.69) is 6.92 Å². The first-order chi connectivity index (χ1) is 5.05. The van der Waals surface area contributed by atoms with Crippen molar-refractivity contribution in [3.8, 4) is 0 Å². The van der Waals surface area contributed by atoms with Crippen molar-refractivity contribution in [2.75, 3.05) is 13.1 Å². The van der Waals surface area contributed by atoms with Gasteiger partial charge in [-0.3, -0.25) is 4.84 Å². The standard InChI is InChI=1S/C7H17N3O/c1-4-7(2,3)11-10(8)9-5-6-9/h4-6,8H2,1-3H3. The molecule has 1 rings (SSSR count). The van der Waals surface area contributed by atoms with Gasteiger partial charge < -0.3 is 0 Å². The van der Waals surface area contributed by atoms with Gasteiger partial charge in [-0.2, -0.15) is 0 Å². The van der Waals surface area contributed by atoms with Crippen LogP contribution in [0.1, 0.15) is 27.2 Å². The zero-order chi connectivity index (χ0) is 8.48. The van der Waals surface area contributed by atoms with Crippen LogP contribution in [-0.2, 0) is 4.84 Å². The van der Waals surface area contributed by atoms with Crippen LogP contribution in [0, 0.1) is 0 Å². The predicted molar refractivity (Wildman–Crippen MR) is 43.1 cm³/mol. The van der Waals surface area contributed by atoms with Crippen LogP contribution < -0.4 is 5.84 Å². The number of hydrogen-bond donors (Lipinski definition) is 1. The number of rotatable bonds is 4. The third-order valence-corrected chi connectivity index (χ3v) is 1.89. The molecule has 0 spiro atoms. The summed E-state index contributed by atoms with van der Waals surface area (Å²) in [6, 6.07) is 0. The van der Waals surface area contributed by atoms with Crippen molar-refractivity contribution in [1.29, 1.82) is 0 Å². The highest BCUT2D eigenvalue weighted by molar-refractivity contribution is 4.67. The molecule has 0 unspecified atom stereocenters. The fourth-order valence-electron chi connectivity index (χ4n) is 0.617. The van der Waals surface area contributed by atoms with Crippen LogP contribution in [0.15, 0.2) is 0 Å².